The van der Waals surface area contributed by atoms with Crippen LogP contribution in [0.5, 0.6) is 0 Å². The maximum atomic E-state index is 11.5. The fourth-order valence-electron chi connectivity index (χ4n) is 2.10. The number of carbonyl (C=O) groups is 1. The van der Waals surface area contributed by atoms with E-state index in [0.717, 1.165) is 6.42 Å². The molecule has 0 atom stereocenters. The van der Waals surface area contributed by atoms with Crippen LogP contribution in [-0.2, 0) is 6.42 Å². The van der Waals surface area contributed by atoms with E-state index in [9.17, 15) is 4.79 Å². The highest BCUT2D eigenvalue weighted by molar-refractivity contribution is 5.93. The monoisotopic (exact) mass is 268 g/mol. The fraction of sp³-hybridized carbons (Fsp3) is 0.235. The quantitative estimate of drug-likeness (QED) is 0.924. The van der Waals surface area contributed by atoms with Gasteiger partial charge < -0.3 is 10.2 Å². The molecule has 1 N–H and O–H groups in total. The smallest absolute Gasteiger partial charge is 0.251 e. The molecule has 0 saturated heterocycles. The van der Waals surface area contributed by atoms with Crippen molar-refractivity contribution in [1.82, 2.24) is 5.32 Å². The Labute approximate surface area is 120 Å². The van der Waals surface area contributed by atoms with Crippen LogP contribution in [-0.4, -0.2) is 27.1 Å². The highest BCUT2D eigenvalue weighted by Crippen LogP contribution is 2.17. The summed E-state index contributed by atoms with van der Waals surface area (Å²) in [6, 6.07) is 16.2. The van der Waals surface area contributed by atoms with Crippen molar-refractivity contribution in [3.8, 4) is 0 Å². The average Bonchev–Trinajstić information content (AvgIpc) is 2.47. The molecule has 3 heteroatoms. The van der Waals surface area contributed by atoms with Crippen LogP contribution in [0.3, 0.4) is 0 Å². The number of nitrogens with zero attached hydrogens (tertiary/aromatic N) is 1. The lowest BCUT2D eigenvalue weighted by atomic mass is 10.0. The lowest BCUT2D eigenvalue weighted by Crippen LogP contribution is -2.17. The van der Waals surface area contributed by atoms with Gasteiger partial charge in [0.1, 0.15) is 0 Å². The standard InChI is InChI=1S/C17H20N2O/c1-18-17(20)15-9-7-13(8-10-15)11-14-5-4-6-16(12-14)19(2)3/h4-10,12H,11H2,1-3H3,(H,18,20). The first-order valence-corrected chi connectivity index (χ1v) is 6.67. The number of amides is 1. The maximum Gasteiger partial charge on any atom is 0.251 e. The van der Waals surface area contributed by atoms with Gasteiger partial charge in [-0.15, -0.1) is 0 Å². The predicted octanol–water partition coefficient (Wildman–Crippen LogP) is 2.70. The van der Waals surface area contributed by atoms with Crippen LogP contribution in [0, 0.1) is 0 Å². The third-order valence-corrected chi connectivity index (χ3v) is 3.28. The van der Waals surface area contributed by atoms with Crippen LogP contribution in [0.4, 0.5) is 5.69 Å². The Kier molecular flexibility index (Phi) is 4.41. The maximum absolute atomic E-state index is 11.5. The first-order chi connectivity index (χ1) is 9.60. The van der Waals surface area contributed by atoms with E-state index in [1.165, 1.54) is 16.8 Å². The number of carbonyl (C=O) groups excluding carboxylic acids is 1. The van der Waals surface area contributed by atoms with Crippen molar-refractivity contribution < 1.29 is 4.79 Å². The summed E-state index contributed by atoms with van der Waals surface area (Å²) in [5, 5.41) is 2.63. The summed E-state index contributed by atoms with van der Waals surface area (Å²) in [7, 11) is 5.72. The molecule has 2 aromatic carbocycles. The summed E-state index contributed by atoms with van der Waals surface area (Å²) in [5.74, 6) is -0.0499. The van der Waals surface area contributed by atoms with E-state index >= 15 is 0 Å². The fourth-order valence-corrected chi connectivity index (χ4v) is 2.10. The first kappa shape index (κ1) is 14.1. The average molecular weight is 268 g/mol. The zero-order valence-electron chi connectivity index (χ0n) is 12.2. The Bertz CT molecular complexity index is 588. The molecule has 0 aliphatic heterocycles. The summed E-state index contributed by atoms with van der Waals surface area (Å²) in [4.78, 5) is 13.6. The van der Waals surface area contributed by atoms with E-state index in [4.69, 9.17) is 0 Å². The molecule has 2 aromatic rings. The predicted molar refractivity (Wildman–Crippen MR) is 83.4 cm³/mol. The molecular weight excluding hydrogens is 248 g/mol. The van der Waals surface area contributed by atoms with Gasteiger partial charge in [0.25, 0.3) is 5.91 Å². The number of rotatable bonds is 4. The molecule has 0 bridgehead atoms. The van der Waals surface area contributed by atoms with Crippen molar-refractivity contribution >= 4 is 11.6 Å². The summed E-state index contributed by atoms with van der Waals surface area (Å²) in [6.45, 7) is 0. The van der Waals surface area contributed by atoms with Crippen molar-refractivity contribution in [2.24, 2.45) is 0 Å². The van der Waals surface area contributed by atoms with Crippen molar-refractivity contribution in [1.29, 1.82) is 0 Å². The lowest BCUT2D eigenvalue weighted by molar-refractivity contribution is 0.0963. The summed E-state index contributed by atoms with van der Waals surface area (Å²) >= 11 is 0. The van der Waals surface area contributed by atoms with E-state index in [-0.39, 0.29) is 5.91 Å². The van der Waals surface area contributed by atoms with Gasteiger partial charge in [-0.05, 0) is 41.8 Å². The van der Waals surface area contributed by atoms with Crippen LogP contribution >= 0.6 is 0 Å². The summed E-state index contributed by atoms with van der Waals surface area (Å²) < 4.78 is 0. The van der Waals surface area contributed by atoms with Crippen molar-refractivity contribution in [3.63, 3.8) is 0 Å². The molecule has 0 radical (unpaired) electrons. The molecule has 20 heavy (non-hydrogen) atoms. The minimum Gasteiger partial charge on any atom is -0.378 e. The van der Waals surface area contributed by atoms with Gasteiger partial charge in [-0.3, -0.25) is 4.79 Å². The molecule has 3 nitrogen and oxygen atoms in total. The molecule has 0 spiro atoms. The van der Waals surface area contributed by atoms with Crippen molar-refractivity contribution in [3.05, 3.63) is 65.2 Å². The Morgan fingerprint density at radius 3 is 2.35 bits per heavy atom. The lowest BCUT2D eigenvalue weighted by Gasteiger charge is -2.13. The zero-order valence-corrected chi connectivity index (χ0v) is 12.2. The van der Waals surface area contributed by atoms with E-state index < -0.39 is 0 Å². The number of nitrogens with one attached hydrogen (secondary N) is 1. The van der Waals surface area contributed by atoms with Crippen LogP contribution in [0.1, 0.15) is 21.5 Å². The largest absolute Gasteiger partial charge is 0.378 e. The minimum atomic E-state index is -0.0499. The highest BCUT2D eigenvalue weighted by atomic mass is 16.1. The number of hydrogen-bond donors (Lipinski definition) is 1. The van der Waals surface area contributed by atoms with Gasteiger partial charge in [-0.25, -0.2) is 0 Å². The Balaban J connectivity index is 2.14. The molecule has 0 aliphatic rings. The molecule has 0 unspecified atom stereocenters. The SMILES string of the molecule is CNC(=O)c1ccc(Cc2cccc(N(C)C)c2)cc1. The molecule has 0 aromatic heterocycles. The topological polar surface area (TPSA) is 32.3 Å². The van der Waals surface area contributed by atoms with Crippen LogP contribution in [0.2, 0.25) is 0 Å². The summed E-state index contributed by atoms with van der Waals surface area (Å²) in [5.41, 5.74) is 4.36. The zero-order chi connectivity index (χ0) is 14.5. The second-order valence-electron chi connectivity index (χ2n) is 5.02. The van der Waals surface area contributed by atoms with Gasteiger partial charge in [0.2, 0.25) is 0 Å². The summed E-state index contributed by atoms with van der Waals surface area (Å²) in [6.07, 6.45) is 0.871. The van der Waals surface area contributed by atoms with Crippen LogP contribution in [0.15, 0.2) is 48.5 Å². The third-order valence-electron chi connectivity index (χ3n) is 3.28. The number of hydrogen-bond acceptors (Lipinski definition) is 2. The van der Waals surface area contributed by atoms with E-state index in [1.807, 2.05) is 38.4 Å². The van der Waals surface area contributed by atoms with E-state index in [0.29, 0.717) is 5.56 Å². The number of anilines is 1. The molecule has 0 aliphatic carbocycles. The van der Waals surface area contributed by atoms with Gasteiger partial charge in [-0.2, -0.15) is 0 Å². The van der Waals surface area contributed by atoms with Gasteiger partial charge in [0.15, 0.2) is 0 Å². The molecule has 0 saturated carbocycles. The molecule has 104 valence electrons. The normalized spacial score (nSPS) is 10.2. The Hall–Kier alpha value is -2.29. The van der Waals surface area contributed by atoms with E-state index in [2.05, 4.69) is 34.5 Å². The second kappa shape index (κ2) is 6.24. The first-order valence-electron chi connectivity index (χ1n) is 6.67. The highest BCUT2D eigenvalue weighted by Gasteiger charge is 2.03. The minimum absolute atomic E-state index is 0.0499. The molecule has 0 fully saturated rings. The number of benzene rings is 2. The van der Waals surface area contributed by atoms with Crippen molar-refractivity contribution in [2.75, 3.05) is 26.0 Å². The second-order valence-corrected chi connectivity index (χ2v) is 5.02. The molecule has 2 rings (SSSR count). The van der Waals surface area contributed by atoms with Gasteiger partial charge in [-0.1, -0.05) is 24.3 Å². The molecule has 1 amide bonds. The van der Waals surface area contributed by atoms with Crippen LogP contribution in [0.25, 0.3) is 0 Å². The van der Waals surface area contributed by atoms with Gasteiger partial charge in [0.05, 0.1) is 0 Å². The van der Waals surface area contributed by atoms with Gasteiger partial charge in [0, 0.05) is 32.4 Å². The Morgan fingerprint density at radius 2 is 1.75 bits per heavy atom. The Morgan fingerprint density at radius 1 is 1.05 bits per heavy atom. The van der Waals surface area contributed by atoms with E-state index in [1.54, 1.807) is 7.05 Å². The van der Waals surface area contributed by atoms with Crippen molar-refractivity contribution in [2.45, 2.75) is 6.42 Å². The molecular formula is C17H20N2O. The molecule has 0 heterocycles. The van der Waals surface area contributed by atoms with Gasteiger partial charge >= 0.3 is 0 Å². The van der Waals surface area contributed by atoms with Crippen LogP contribution < -0.4 is 10.2 Å². The third kappa shape index (κ3) is 3.38.